The summed E-state index contributed by atoms with van der Waals surface area (Å²) in [6.45, 7) is 0. The summed E-state index contributed by atoms with van der Waals surface area (Å²) in [7, 11) is 0. The minimum absolute atomic E-state index is 0.164. The lowest BCUT2D eigenvalue weighted by Crippen LogP contribution is -2.82. The molecular formula is C31H24N5+. The first-order valence-electron chi connectivity index (χ1n) is 11.8. The molecule has 0 spiro atoms. The van der Waals surface area contributed by atoms with E-state index in [1.807, 2.05) is 54.7 Å². The Balaban J connectivity index is 1.30. The molecule has 0 aromatic heterocycles. The normalized spacial score (nSPS) is 12.5. The number of hydrazone groups is 1. The van der Waals surface area contributed by atoms with Crippen LogP contribution in [-0.4, -0.2) is 18.4 Å². The van der Waals surface area contributed by atoms with E-state index in [2.05, 4.69) is 81.4 Å². The molecule has 0 radical (unpaired) electrons. The van der Waals surface area contributed by atoms with E-state index in [1.54, 1.807) is 6.21 Å². The summed E-state index contributed by atoms with van der Waals surface area (Å²) in [6, 6.07) is 37.6. The SMILES string of the molecule is NC(=N/N=C\c1c2ccccc2cc2ccccc12)N/[NH+]=C\c1c2ccccc2cc2ccccc12. The molecular weight excluding hydrogens is 442 g/mol. The number of guanidine groups is 1. The Hall–Kier alpha value is -5.03. The molecule has 0 aliphatic carbocycles. The molecule has 0 bridgehead atoms. The molecule has 5 nitrogen and oxygen atoms in total. The topological polar surface area (TPSA) is 76.7 Å². The predicted molar refractivity (Wildman–Crippen MR) is 151 cm³/mol. The molecule has 0 aliphatic heterocycles. The molecule has 0 unspecified atom stereocenters. The van der Waals surface area contributed by atoms with Gasteiger partial charge < -0.3 is 5.73 Å². The number of fused-ring (bicyclic) bond motifs is 4. The fourth-order valence-electron chi connectivity index (χ4n) is 4.75. The van der Waals surface area contributed by atoms with Gasteiger partial charge in [0, 0.05) is 5.56 Å². The molecule has 36 heavy (non-hydrogen) atoms. The predicted octanol–water partition coefficient (Wildman–Crippen LogP) is 4.65. The van der Waals surface area contributed by atoms with Crippen molar-refractivity contribution in [3.8, 4) is 0 Å². The summed E-state index contributed by atoms with van der Waals surface area (Å²) in [6.07, 6.45) is 3.68. The van der Waals surface area contributed by atoms with Gasteiger partial charge in [-0.2, -0.15) is 5.10 Å². The third-order valence-corrected chi connectivity index (χ3v) is 6.39. The van der Waals surface area contributed by atoms with Crippen LogP contribution in [-0.2, 0) is 0 Å². The van der Waals surface area contributed by atoms with Crippen molar-refractivity contribution in [1.29, 1.82) is 0 Å². The number of nitrogens with two attached hydrogens (primary N) is 1. The van der Waals surface area contributed by atoms with Gasteiger partial charge in [-0.1, -0.05) is 97.1 Å². The van der Waals surface area contributed by atoms with Crippen LogP contribution in [0.2, 0.25) is 0 Å². The maximum Gasteiger partial charge on any atom is 0.269 e. The Labute approximate surface area is 208 Å². The zero-order valence-corrected chi connectivity index (χ0v) is 19.5. The number of nitrogens with zero attached hydrogens (tertiary/aromatic N) is 2. The molecule has 172 valence electrons. The van der Waals surface area contributed by atoms with E-state index in [0.717, 1.165) is 43.4 Å². The fraction of sp³-hybridized carbons (Fsp3) is 0. The summed E-state index contributed by atoms with van der Waals surface area (Å²) >= 11 is 0. The van der Waals surface area contributed by atoms with Gasteiger partial charge in [0.15, 0.2) is 6.21 Å². The molecule has 0 fully saturated rings. The highest BCUT2D eigenvalue weighted by atomic mass is 15.4. The van der Waals surface area contributed by atoms with Crippen molar-refractivity contribution in [3.05, 3.63) is 120 Å². The third kappa shape index (κ3) is 4.03. The van der Waals surface area contributed by atoms with Crippen molar-refractivity contribution in [2.24, 2.45) is 15.9 Å². The van der Waals surface area contributed by atoms with Crippen LogP contribution in [0.15, 0.2) is 119 Å². The van der Waals surface area contributed by atoms with Crippen LogP contribution in [0.5, 0.6) is 0 Å². The molecule has 0 aliphatic rings. The standard InChI is InChI=1S/C31H23N5/c32-31(35-33-19-29-25-13-5-1-9-21(25)17-22-10-2-6-14-26(22)29)36-34-20-30-27-15-7-3-11-23(27)18-24-12-4-8-16-28(24)30/h1-20H,(H3,32,35,36)/p+1/b33-19-,34-20-. The number of hydrogen-bond acceptors (Lipinski definition) is 2. The number of hydrogen-bond donors (Lipinski definition) is 3. The van der Waals surface area contributed by atoms with Gasteiger partial charge in [-0.05, 0) is 55.2 Å². The maximum atomic E-state index is 6.10. The summed E-state index contributed by atoms with van der Waals surface area (Å²) in [5.41, 5.74) is 11.1. The number of hydrazine groups is 1. The zero-order chi connectivity index (χ0) is 24.3. The van der Waals surface area contributed by atoms with E-state index < -0.39 is 0 Å². The Morgan fingerprint density at radius 3 is 1.50 bits per heavy atom. The molecule has 6 aromatic rings. The van der Waals surface area contributed by atoms with Gasteiger partial charge in [0.25, 0.3) is 5.96 Å². The van der Waals surface area contributed by atoms with Crippen LogP contribution in [0.25, 0.3) is 43.1 Å². The molecule has 6 rings (SSSR count). The van der Waals surface area contributed by atoms with Gasteiger partial charge in [0.05, 0.1) is 11.8 Å². The molecule has 0 heterocycles. The Bertz CT molecular complexity index is 1720. The lowest BCUT2D eigenvalue weighted by Gasteiger charge is -2.07. The van der Waals surface area contributed by atoms with E-state index in [9.17, 15) is 0 Å². The summed E-state index contributed by atoms with van der Waals surface area (Å²) in [5.74, 6) is 0.164. The Kier molecular flexibility index (Phi) is 5.56. The molecule has 5 heteroatoms. The first-order chi connectivity index (χ1) is 17.8. The van der Waals surface area contributed by atoms with Crippen LogP contribution < -0.4 is 16.3 Å². The first-order valence-corrected chi connectivity index (χ1v) is 11.8. The molecule has 0 atom stereocenters. The van der Waals surface area contributed by atoms with Crippen LogP contribution in [0.1, 0.15) is 11.1 Å². The van der Waals surface area contributed by atoms with Crippen LogP contribution in [0, 0.1) is 0 Å². The van der Waals surface area contributed by atoms with E-state index in [4.69, 9.17) is 5.73 Å². The van der Waals surface area contributed by atoms with Crippen molar-refractivity contribution in [3.63, 3.8) is 0 Å². The largest absolute Gasteiger partial charge is 0.364 e. The van der Waals surface area contributed by atoms with Crippen LogP contribution >= 0.6 is 0 Å². The summed E-state index contributed by atoms with van der Waals surface area (Å²) < 4.78 is 0. The van der Waals surface area contributed by atoms with Crippen molar-refractivity contribution >= 4 is 61.5 Å². The Morgan fingerprint density at radius 2 is 1.03 bits per heavy atom. The number of benzene rings is 6. The highest BCUT2D eigenvalue weighted by molar-refractivity contribution is 6.14. The number of rotatable bonds is 4. The van der Waals surface area contributed by atoms with Gasteiger partial charge in [-0.3, -0.25) is 0 Å². The van der Waals surface area contributed by atoms with Gasteiger partial charge in [-0.25, -0.2) is 0 Å². The maximum absolute atomic E-state index is 6.10. The van der Waals surface area contributed by atoms with Crippen molar-refractivity contribution in [2.75, 3.05) is 0 Å². The first kappa shape index (κ1) is 21.5. The zero-order valence-electron chi connectivity index (χ0n) is 19.5. The third-order valence-electron chi connectivity index (χ3n) is 6.39. The van der Waals surface area contributed by atoms with E-state index >= 15 is 0 Å². The minimum atomic E-state index is 0.164. The highest BCUT2D eigenvalue weighted by Gasteiger charge is 2.08. The monoisotopic (exact) mass is 466 g/mol. The van der Waals surface area contributed by atoms with Gasteiger partial charge >= 0.3 is 0 Å². The van der Waals surface area contributed by atoms with Gasteiger partial charge in [0.2, 0.25) is 0 Å². The number of nitrogens with one attached hydrogen (secondary N) is 2. The van der Waals surface area contributed by atoms with Gasteiger partial charge in [-0.15, -0.1) is 15.6 Å². The lowest BCUT2D eigenvalue weighted by molar-refractivity contribution is -0.500. The Morgan fingerprint density at radius 1 is 0.611 bits per heavy atom. The smallest absolute Gasteiger partial charge is 0.269 e. The van der Waals surface area contributed by atoms with Crippen molar-refractivity contribution in [1.82, 2.24) is 5.43 Å². The summed E-state index contributed by atoms with van der Waals surface area (Å²) in [4.78, 5) is 0. The second-order valence-electron chi connectivity index (χ2n) is 8.61. The highest BCUT2D eigenvalue weighted by Crippen LogP contribution is 2.28. The second-order valence-corrected chi connectivity index (χ2v) is 8.61. The second kappa shape index (κ2) is 9.31. The lowest BCUT2D eigenvalue weighted by atomic mass is 9.97. The van der Waals surface area contributed by atoms with E-state index in [1.165, 1.54) is 10.8 Å². The van der Waals surface area contributed by atoms with Crippen LogP contribution in [0.4, 0.5) is 0 Å². The average Bonchev–Trinajstić information content (AvgIpc) is 2.92. The van der Waals surface area contributed by atoms with E-state index in [-0.39, 0.29) is 5.96 Å². The molecule has 0 amide bonds. The van der Waals surface area contributed by atoms with Crippen LogP contribution in [0.3, 0.4) is 0 Å². The average molecular weight is 467 g/mol. The summed E-state index contributed by atoms with van der Waals surface area (Å²) in [5, 5.41) is 20.8. The van der Waals surface area contributed by atoms with Crippen molar-refractivity contribution < 1.29 is 5.10 Å². The van der Waals surface area contributed by atoms with E-state index in [0.29, 0.717) is 0 Å². The minimum Gasteiger partial charge on any atom is -0.364 e. The molecule has 4 N–H and O–H groups in total. The quantitative estimate of drug-likeness (QED) is 0.153. The fourth-order valence-corrected chi connectivity index (χ4v) is 4.75. The molecule has 6 aromatic carbocycles. The van der Waals surface area contributed by atoms with Crippen molar-refractivity contribution in [2.45, 2.75) is 0 Å². The molecule has 0 saturated carbocycles. The molecule has 0 saturated heterocycles. The van der Waals surface area contributed by atoms with Gasteiger partial charge in [0.1, 0.15) is 0 Å².